The quantitative estimate of drug-likeness (QED) is 0.294. The molecule has 11 nitrogen and oxygen atoms in total. The molecule has 0 aliphatic carbocycles. The van der Waals surface area contributed by atoms with Crippen LogP contribution in [0.1, 0.15) is 85.9 Å². The second kappa shape index (κ2) is 14.2. The Labute approximate surface area is 264 Å². The van der Waals surface area contributed by atoms with Gasteiger partial charge in [-0.05, 0) is 38.2 Å². The van der Waals surface area contributed by atoms with Gasteiger partial charge in [0.2, 0.25) is 5.91 Å². The molecule has 0 saturated carbocycles. The Hall–Kier alpha value is -3.94. The number of thiazole rings is 2. The number of hydrogen-bond donors (Lipinski definition) is 3. The first-order valence-corrected chi connectivity index (χ1v) is 16.4. The van der Waals surface area contributed by atoms with Gasteiger partial charge in [0, 0.05) is 36.0 Å². The highest BCUT2D eigenvalue weighted by atomic mass is 32.1. The fourth-order valence-electron chi connectivity index (χ4n) is 5.07. The van der Waals surface area contributed by atoms with Crippen molar-refractivity contribution in [2.24, 2.45) is 5.92 Å². The molecular weight excluding hydrogens is 599 g/mol. The van der Waals surface area contributed by atoms with Gasteiger partial charge >= 0.3 is 0 Å². The molecule has 0 radical (unpaired) electrons. The van der Waals surface area contributed by atoms with Gasteiger partial charge in [-0.25, -0.2) is 9.97 Å². The Bertz CT molecular complexity index is 1580. The van der Waals surface area contributed by atoms with Crippen molar-refractivity contribution in [2.75, 3.05) is 19.6 Å². The number of aromatic nitrogens is 3. The van der Waals surface area contributed by atoms with Crippen molar-refractivity contribution in [1.29, 1.82) is 0 Å². The van der Waals surface area contributed by atoms with Crippen LogP contribution in [-0.4, -0.2) is 57.4 Å². The summed E-state index contributed by atoms with van der Waals surface area (Å²) in [6, 6.07) is 9.07. The van der Waals surface area contributed by atoms with E-state index in [1.165, 1.54) is 22.7 Å². The van der Waals surface area contributed by atoms with Gasteiger partial charge in [0.1, 0.15) is 27.2 Å². The number of hydrogen-bond acceptors (Lipinski definition) is 10. The minimum absolute atomic E-state index is 0.0297. The molecule has 4 bridgehead atoms. The SMILES string of the molecule is Cc1noc(C)c1CN1CCCNC(=O)c2csc(n2)[C@H](C(C)C)NC(=O)c2csc(n2)[C@H](Cc2ccccc2)NC(=O)C1. The van der Waals surface area contributed by atoms with E-state index in [9.17, 15) is 14.4 Å². The smallest absolute Gasteiger partial charge is 0.271 e. The summed E-state index contributed by atoms with van der Waals surface area (Å²) >= 11 is 2.70. The zero-order valence-corrected chi connectivity index (χ0v) is 26.9. The van der Waals surface area contributed by atoms with E-state index in [2.05, 4.69) is 31.1 Å². The van der Waals surface area contributed by atoms with Crippen molar-refractivity contribution in [2.45, 2.75) is 59.2 Å². The Morgan fingerprint density at radius 3 is 2.39 bits per heavy atom. The molecule has 1 aliphatic heterocycles. The molecule has 1 aromatic carbocycles. The molecule has 5 rings (SSSR count). The number of aryl methyl sites for hydroxylation is 2. The highest BCUT2D eigenvalue weighted by Crippen LogP contribution is 2.27. The maximum Gasteiger partial charge on any atom is 0.271 e. The standard InChI is InChI=1S/C31H37N7O4S2/c1-18(2)27-31-35-24(16-44-31)28(40)32-11-8-12-38(14-22-19(3)37-42-20(22)4)15-26(39)33-23(13-21-9-6-5-7-10-21)30-34-25(17-43-30)29(41)36-27/h5-7,9-10,16-18,23,27H,8,11-15H2,1-4H3,(H,32,40)(H,33,39)(H,36,41)/t23-,27-/m0/s1. The molecule has 44 heavy (non-hydrogen) atoms. The Balaban J connectivity index is 1.45. The molecule has 0 saturated heterocycles. The van der Waals surface area contributed by atoms with Crippen LogP contribution in [0.15, 0.2) is 45.6 Å². The number of nitrogens with one attached hydrogen (secondary N) is 3. The molecule has 3 N–H and O–H groups in total. The molecule has 3 aromatic heterocycles. The maximum absolute atomic E-state index is 13.6. The summed E-state index contributed by atoms with van der Waals surface area (Å²) in [7, 11) is 0. The third kappa shape index (κ3) is 7.76. The van der Waals surface area contributed by atoms with Gasteiger partial charge in [0.25, 0.3) is 11.8 Å². The van der Waals surface area contributed by atoms with Crippen molar-refractivity contribution in [3.8, 4) is 0 Å². The lowest BCUT2D eigenvalue weighted by Gasteiger charge is -2.24. The van der Waals surface area contributed by atoms with Gasteiger partial charge in [-0.2, -0.15) is 0 Å². The topological polar surface area (TPSA) is 142 Å². The van der Waals surface area contributed by atoms with E-state index in [0.717, 1.165) is 16.8 Å². The number of benzene rings is 1. The maximum atomic E-state index is 13.6. The molecule has 1 aliphatic rings. The number of rotatable bonds is 5. The van der Waals surface area contributed by atoms with Crippen LogP contribution in [0.4, 0.5) is 0 Å². The Morgan fingerprint density at radius 1 is 0.977 bits per heavy atom. The van der Waals surface area contributed by atoms with E-state index < -0.39 is 6.04 Å². The molecule has 4 aromatic rings. The normalized spacial score (nSPS) is 19.1. The highest BCUT2D eigenvalue weighted by molar-refractivity contribution is 7.10. The number of amides is 3. The lowest BCUT2D eigenvalue weighted by Crippen LogP contribution is -2.40. The molecule has 13 heteroatoms. The summed E-state index contributed by atoms with van der Waals surface area (Å²) in [4.78, 5) is 51.1. The largest absolute Gasteiger partial charge is 0.361 e. The van der Waals surface area contributed by atoms with Gasteiger partial charge in [-0.1, -0.05) is 49.3 Å². The third-order valence-corrected chi connectivity index (χ3v) is 9.40. The van der Waals surface area contributed by atoms with Gasteiger partial charge in [-0.15, -0.1) is 22.7 Å². The van der Waals surface area contributed by atoms with E-state index in [4.69, 9.17) is 4.52 Å². The summed E-state index contributed by atoms with van der Waals surface area (Å²) in [5.41, 5.74) is 3.35. The van der Waals surface area contributed by atoms with Crippen LogP contribution in [0.3, 0.4) is 0 Å². The Kier molecular flexibility index (Phi) is 10.2. The first-order chi connectivity index (χ1) is 21.2. The summed E-state index contributed by atoms with van der Waals surface area (Å²) in [5, 5.41) is 18.0. The predicted octanol–water partition coefficient (Wildman–Crippen LogP) is 4.37. The minimum Gasteiger partial charge on any atom is -0.361 e. The lowest BCUT2D eigenvalue weighted by molar-refractivity contribution is -0.123. The highest BCUT2D eigenvalue weighted by Gasteiger charge is 2.27. The van der Waals surface area contributed by atoms with Gasteiger partial charge in [0.15, 0.2) is 0 Å². The monoisotopic (exact) mass is 635 g/mol. The van der Waals surface area contributed by atoms with Crippen LogP contribution in [-0.2, 0) is 17.8 Å². The molecule has 0 spiro atoms. The summed E-state index contributed by atoms with van der Waals surface area (Å²) in [5.74, 6) is -0.0401. The first-order valence-electron chi connectivity index (χ1n) is 14.6. The summed E-state index contributed by atoms with van der Waals surface area (Å²) in [6.07, 6.45) is 1.14. The molecular formula is C31H37N7O4S2. The average molecular weight is 636 g/mol. The fraction of sp³-hybridized carbons (Fsp3) is 0.419. The van der Waals surface area contributed by atoms with Gasteiger partial charge in [0.05, 0.1) is 24.3 Å². The van der Waals surface area contributed by atoms with E-state index in [-0.39, 0.29) is 41.9 Å². The predicted molar refractivity (Wildman–Crippen MR) is 169 cm³/mol. The van der Waals surface area contributed by atoms with Crippen LogP contribution in [0.25, 0.3) is 0 Å². The molecule has 3 amide bonds. The van der Waals surface area contributed by atoms with Crippen LogP contribution in [0, 0.1) is 19.8 Å². The van der Waals surface area contributed by atoms with Gasteiger partial charge in [-0.3, -0.25) is 19.3 Å². The van der Waals surface area contributed by atoms with Crippen molar-refractivity contribution in [3.63, 3.8) is 0 Å². The lowest BCUT2D eigenvalue weighted by atomic mass is 10.0. The van der Waals surface area contributed by atoms with Gasteiger partial charge < -0.3 is 20.5 Å². The molecule has 0 fully saturated rings. The van der Waals surface area contributed by atoms with Crippen LogP contribution >= 0.6 is 22.7 Å². The van der Waals surface area contributed by atoms with E-state index >= 15 is 0 Å². The molecule has 4 heterocycles. The van der Waals surface area contributed by atoms with Crippen molar-refractivity contribution in [3.05, 3.63) is 85.1 Å². The molecule has 0 unspecified atom stereocenters. The summed E-state index contributed by atoms with van der Waals surface area (Å²) in [6.45, 7) is 9.29. The van der Waals surface area contributed by atoms with Crippen LogP contribution in [0.2, 0.25) is 0 Å². The number of nitrogens with zero attached hydrogens (tertiary/aromatic N) is 4. The van der Waals surface area contributed by atoms with Crippen molar-refractivity contribution < 1.29 is 18.9 Å². The molecule has 2 atom stereocenters. The van der Waals surface area contributed by atoms with Crippen LogP contribution in [0.5, 0.6) is 0 Å². The third-order valence-electron chi connectivity index (χ3n) is 7.51. The van der Waals surface area contributed by atoms with Crippen LogP contribution < -0.4 is 16.0 Å². The first kappa shape index (κ1) is 31.5. The fourth-order valence-corrected chi connectivity index (χ4v) is 6.94. The Morgan fingerprint density at radius 2 is 1.68 bits per heavy atom. The minimum atomic E-state index is -0.429. The van der Waals surface area contributed by atoms with E-state index in [0.29, 0.717) is 53.9 Å². The van der Waals surface area contributed by atoms with E-state index in [1.807, 2.05) is 62.9 Å². The zero-order valence-electron chi connectivity index (χ0n) is 25.3. The number of fused-ring (bicyclic) bond motifs is 4. The van der Waals surface area contributed by atoms with Crippen molar-refractivity contribution >= 4 is 40.4 Å². The average Bonchev–Trinajstić information content (AvgIpc) is 3.75. The second-order valence-corrected chi connectivity index (χ2v) is 13.0. The molecule has 232 valence electrons. The second-order valence-electron chi connectivity index (χ2n) is 11.3. The number of carbonyl (C=O) groups excluding carboxylic acids is 3. The van der Waals surface area contributed by atoms with E-state index in [1.54, 1.807) is 10.8 Å². The summed E-state index contributed by atoms with van der Waals surface area (Å²) < 4.78 is 5.37. The number of carbonyl (C=O) groups is 3. The van der Waals surface area contributed by atoms with Crippen molar-refractivity contribution in [1.82, 2.24) is 36.0 Å². The zero-order chi connectivity index (χ0) is 31.2.